The summed E-state index contributed by atoms with van der Waals surface area (Å²) in [7, 11) is -4.58. The second-order valence-corrected chi connectivity index (χ2v) is 25.2. The van der Waals surface area contributed by atoms with Gasteiger partial charge >= 0.3 is 6.03 Å². The summed E-state index contributed by atoms with van der Waals surface area (Å²) in [5, 5.41) is 25.6. The summed E-state index contributed by atoms with van der Waals surface area (Å²) >= 11 is 0. The summed E-state index contributed by atoms with van der Waals surface area (Å²) in [6.45, 7) is 23.6. The van der Waals surface area contributed by atoms with Crippen molar-refractivity contribution in [3.63, 3.8) is 0 Å². The molecule has 0 aromatic heterocycles. The van der Waals surface area contributed by atoms with Crippen molar-refractivity contribution in [1.82, 2.24) is 10.2 Å². The van der Waals surface area contributed by atoms with Crippen LogP contribution in [0.4, 0.5) is 10.5 Å². The number of carbonyl (C=O) groups is 1. The standard InChI is InChI=1S/C29H50N4O6Si2/c1-20(21-14-12-13-15-22(21)33(36)37)28(30)16-17-32(25(34)31-28)24-18-29(35,40(8,9)26(2,3)4)23(39-24)19-38-41(10,11)27(5,6)7/h12-17,20,23-24,35H,18-19,30H2,1-11H3,(H,31,34)/t20?,23-,24-,28?,29-/m1/s1. The highest BCUT2D eigenvalue weighted by Gasteiger charge is 2.63. The van der Waals surface area contributed by atoms with Gasteiger partial charge in [-0.3, -0.25) is 15.0 Å². The fraction of sp³-hybridized carbons (Fsp3) is 0.690. The molecule has 1 aromatic carbocycles. The van der Waals surface area contributed by atoms with Gasteiger partial charge in [0.2, 0.25) is 0 Å². The Kier molecular flexibility index (Phi) is 8.86. The van der Waals surface area contributed by atoms with Crippen LogP contribution in [0.25, 0.3) is 0 Å². The fourth-order valence-electron chi connectivity index (χ4n) is 5.22. The number of benzene rings is 1. The molecule has 2 unspecified atom stereocenters. The minimum Gasteiger partial charge on any atom is -0.414 e. The molecule has 0 saturated carbocycles. The van der Waals surface area contributed by atoms with Gasteiger partial charge in [-0.1, -0.05) is 79.8 Å². The Morgan fingerprint density at radius 2 is 1.78 bits per heavy atom. The molecule has 0 aliphatic carbocycles. The summed E-state index contributed by atoms with van der Waals surface area (Å²) in [5.41, 5.74) is 5.63. The van der Waals surface area contributed by atoms with Gasteiger partial charge in [-0.05, 0) is 29.2 Å². The molecule has 10 nitrogen and oxygen atoms in total. The van der Waals surface area contributed by atoms with E-state index in [-0.39, 0.29) is 28.8 Å². The number of urea groups is 1. The number of nitrogens with two attached hydrogens (primary N) is 1. The van der Waals surface area contributed by atoms with Crippen molar-refractivity contribution >= 4 is 28.1 Å². The van der Waals surface area contributed by atoms with Crippen LogP contribution in [0.2, 0.25) is 36.3 Å². The van der Waals surface area contributed by atoms with E-state index in [0.29, 0.717) is 5.56 Å². The van der Waals surface area contributed by atoms with Crippen LogP contribution in [0.5, 0.6) is 0 Å². The molecule has 1 fully saturated rings. The Morgan fingerprint density at radius 3 is 2.29 bits per heavy atom. The summed E-state index contributed by atoms with van der Waals surface area (Å²) in [6, 6.07) is 5.89. The van der Waals surface area contributed by atoms with Crippen LogP contribution in [0.15, 0.2) is 36.5 Å². The summed E-state index contributed by atoms with van der Waals surface area (Å²) in [6.07, 6.45) is 2.12. The van der Waals surface area contributed by atoms with E-state index in [4.69, 9.17) is 14.9 Å². The topological polar surface area (TPSA) is 140 Å². The van der Waals surface area contributed by atoms with Crippen molar-refractivity contribution in [2.75, 3.05) is 6.61 Å². The number of amides is 2. The van der Waals surface area contributed by atoms with Crippen molar-refractivity contribution < 1.29 is 24.0 Å². The molecule has 2 amide bonds. The third-order valence-corrected chi connectivity index (χ3v) is 21.3. The number of ether oxygens (including phenoxy) is 1. The number of nitrogens with one attached hydrogen (secondary N) is 1. The Bertz CT molecular complexity index is 1190. The molecular formula is C29H50N4O6Si2. The normalized spacial score (nSPS) is 28.5. The molecule has 41 heavy (non-hydrogen) atoms. The number of carbonyl (C=O) groups excluding carboxylic acids is 1. The lowest BCUT2D eigenvalue weighted by Crippen LogP contribution is -2.65. The first kappa shape index (κ1) is 33.4. The van der Waals surface area contributed by atoms with Crippen LogP contribution in [0.3, 0.4) is 0 Å². The average Bonchev–Trinajstić information content (AvgIpc) is 3.18. The number of rotatable bonds is 8. The maximum absolute atomic E-state index is 13.5. The SMILES string of the molecule is CC(c1ccccc1[N+](=O)[O-])C1(N)C=CN([C@H]2C[C@@](O)([Si](C)(C)C(C)(C)C)[C@@H](CO[Si](C)(C)C(C)(C)C)O2)C(=O)N1. The van der Waals surface area contributed by atoms with Gasteiger partial charge in [-0.2, -0.15) is 0 Å². The summed E-state index contributed by atoms with van der Waals surface area (Å²) < 4.78 is 13.1. The van der Waals surface area contributed by atoms with Crippen LogP contribution in [0.1, 0.15) is 66.4 Å². The molecule has 5 atom stereocenters. The number of nitro groups is 1. The van der Waals surface area contributed by atoms with E-state index in [2.05, 4.69) is 73.0 Å². The lowest BCUT2D eigenvalue weighted by Gasteiger charge is -2.49. The largest absolute Gasteiger partial charge is 0.414 e. The first-order valence-electron chi connectivity index (χ1n) is 14.3. The Morgan fingerprint density at radius 1 is 1.20 bits per heavy atom. The van der Waals surface area contributed by atoms with Crippen LogP contribution in [-0.4, -0.2) is 67.2 Å². The minimum absolute atomic E-state index is 0.00936. The molecule has 230 valence electrons. The van der Waals surface area contributed by atoms with E-state index in [1.165, 1.54) is 11.0 Å². The number of hydrogen-bond donors (Lipinski definition) is 3. The Hall–Kier alpha value is -2.10. The van der Waals surface area contributed by atoms with Crippen molar-refractivity contribution in [3.8, 4) is 0 Å². The molecule has 12 heteroatoms. The maximum Gasteiger partial charge on any atom is 0.325 e. The molecule has 0 radical (unpaired) electrons. The average molecular weight is 607 g/mol. The first-order valence-corrected chi connectivity index (χ1v) is 20.2. The van der Waals surface area contributed by atoms with Gasteiger partial charge in [0.15, 0.2) is 8.32 Å². The monoisotopic (exact) mass is 606 g/mol. The van der Waals surface area contributed by atoms with Gasteiger partial charge < -0.3 is 25.3 Å². The zero-order valence-electron chi connectivity index (χ0n) is 26.6. The third-order valence-electron chi connectivity index (χ3n) is 10.4. The molecule has 1 aromatic rings. The van der Waals surface area contributed by atoms with Gasteiger partial charge in [-0.25, -0.2) is 4.79 Å². The minimum atomic E-state index is -2.44. The molecule has 4 N–H and O–H groups in total. The van der Waals surface area contributed by atoms with E-state index < -0.39 is 56.5 Å². The smallest absolute Gasteiger partial charge is 0.325 e. The third kappa shape index (κ3) is 6.05. The molecule has 0 spiro atoms. The van der Waals surface area contributed by atoms with Gasteiger partial charge in [0.1, 0.15) is 18.0 Å². The molecule has 2 aliphatic rings. The second-order valence-electron chi connectivity index (χ2n) is 14.8. The Labute approximate surface area is 246 Å². The predicted molar refractivity (Wildman–Crippen MR) is 167 cm³/mol. The van der Waals surface area contributed by atoms with Crippen LogP contribution >= 0.6 is 0 Å². The lowest BCUT2D eigenvalue weighted by molar-refractivity contribution is -0.385. The van der Waals surface area contributed by atoms with Crippen molar-refractivity contribution in [1.29, 1.82) is 0 Å². The Balaban J connectivity index is 1.93. The van der Waals surface area contributed by atoms with Gasteiger partial charge in [0.05, 0.1) is 24.8 Å². The van der Waals surface area contributed by atoms with E-state index in [9.17, 15) is 20.0 Å². The molecule has 1 saturated heterocycles. The number of nitrogens with zero attached hydrogens (tertiary/aromatic N) is 2. The maximum atomic E-state index is 13.5. The van der Waals surface area contributed by atoms with E-state index in [1.54, 1.807) is 37.4 Å². The quantitative estimate of drug-likeness (QED) is 0.193. The highest BCUT2D eigenvalue weighted by Crippen LogP contribution is 2.50. The highest BCUT2D eigenvalue weighted by molar-refractivity contribution is 6.83. The number of para-hydroxylation sites is 1. The summed E-state index contributed by atoms with van der Waals surface area (Å²) in [5.74, 6) is -0.592. The molecule has 3 rings (SSSR count). The van der Waals surface area contributed by atoms with Gasteiger partial charge in [-0.15, -0.1) is 0 Å². The lowest BCUT2D eigenvalue weighted by atomic mass is 9.86. The van der Waals surface area contributed by atoms with Crippen molar-refractivity contribution in [2.45, 2.75) is 120 Å². The molecule has 0 bridgehead atoms. The van der Waals surface area contributed by atoms with Crippen molar-refractivity contribution in [2.24, 2.45) is 5.73 Å². The van der Waals surface area contributed by atoms with Crippen LogP contribution in [-0.2, 0) is 9.16 Å². The van der Waals surface area contributed by atoms with Gasteiger partial charge in [0, 0.05) is 30.2 Å². The second kappa shape index (κ2) is 10.9. The number of hydrogen-bond acceptors (Lipinski definition) is 7. The molecule has 2 aliphatic heterocycles. The van der Waals surface area contributed by atoms with Crippen molar-refractivity contribution in [3.05, 3.63) is 52.2 Å². The van der Waals surface area contributed by atoms with Crippen LogP contribution < -0.4 is 11.1 Å². The number of nitro benzene ring substituents is 1. The van der Waals surface area contributed by atoms with E-state index in [1.807, 2.05) is 0 Å². The molecular weight excluding hydrogens is 557 g/mol. The molecule has 2 heterocycles. The number of aliphatic hydroxyl groups is 1. The first-order chi connectivity index (χ1) is 18.5. The van der Waals surface area contributed by atoms with Crippen LogP contribution in [0, 0.1) is 10.1 Å². The van der Waals surface area contributed by atoms with E-state index in [0.717, 1.165) is 0 Å². The fourth-order valence-corrected chi connectivity index (χ4v) is 9.16. The zero-order valence-corrected chi connectivity index (χ0v) is 28.6. The van der Waals surface area contributed by atoms with E-state index >= 15 is 0 Å². The summed E-state index contributed by atoms with van der Waals surface area (Å²) in [4.78, 5) is 26.1. The highest BCUT2D eigenvalue weighted by atomic mass is 28.4. The zero-order chi connectivity index (χ0) is 31.4. The van der Waals surface area contributed by atoms with Gasteiger partial charge in [0.25, 0.3) is 5.69 Å². The predicted octanol–water partition coefficient (Wildman–Crippen LogP) is 5.81.